The Morgan fingerprint density at radius 3 is 2.67 bits per heavy atom. The molecule has 4 aromatic rings. The van der Waals surface area contributed by atoms with Crippen LogP contribution in [-0.4, -0.2) is 54.1 Å². The van der Waals surface area contributed by atoms with E-state index in [-0.39, 0.29) is 5.56 Å². The Labute approximate surface area is 173 Å². The number of hydrogen-bond acceptors (Lipinski definition) is 6. The number of hydrogen-bond donors (Lipinski definition) is 2. The molecule has 3 aromatic heterocycles. The van der Waals surface area contributed by atoms with Crippen molar-refractivity contribution in [2.75, 3.05) is 25.0 Å². The molecule has 0 radical (unpaired) electrons. The third kappa shape index (κ3) is 3.84. The fraction of sp³-hybridized carbons (Fsp3) is 0.333. The fourth-order valence-corrected chi connectivity index (χ4v) is 3.85. The molecule has 9 heteroatoms. The van der Waals surface area contributed by atoms with Crippen LogP contribution in [0.2, 0.25) is 0 Å². The van der Waals surface area contributed by atoms with Crippen LogP contribution in [0.4, 0.5) is 11.6 Å². The van der Waals surface area contributed by atoms with E-state index in [1.807, 2.05) is 41.2 Å². The van der Waals surface area contributed by atoms with Gasteiger partial charge in [0.2, 0.25) is 5.95 Å². The third-order valence-electron chi connectivity index (χ3n) is 5.43. The summed E-state index contributed by atoms with van der Waals surface area (Å²) in [5.74, 6) is 0.362. The first kappa shape index (κ1) is 18.6. The Morgan fingerprint density at radius 2 is 1.83 bits per heavy atom. The summed E-state index contributed by atoms with van der Waals surface area (Å²) in [4.78, 5) is 22.3. The average molecular weight is 404 g/mol. The standard InChI is InChI=1S/C21H24N8O/c30-20-18-14-23-29(17-7-3-1-4-8-17)19(18)25-21(26-20)24-16-13-22-28(15-16)12-11-27-9-5-2-6-10-27/h1,3-4,7-8,13-15H,2,5-6,9-12H2,(H2,24,25,26,30). The van der Waals surface area contributed by atoms with Crippen LogP contribution in [0.3, 0.4) is 0 Å². The number of benzene rings is 1. The molecule has 30 heavy (non-hydrogen) atoms. The van der Waals surface area contributed by atoms with Crippen LogP contribution in [0.1, 0.15) is 19.3 Å². The van der Waals surface area contributed by atoms with Crippen molar-refractivity contribution in [2.24, 2.45) is 0 Å². The molecule has 5 rings (SSSR count). The summed E-state index contributed by atoms with van der Waals surface area (Å²) in [6.07, 6.45) is 9.12. The zero-order chi connectivity index (χ0) is 20.3. The topological polar surface area (TPSA) is 96.7 Å². The van der Waals surface area contributed by atoms with Crippen LogP contribution in [0.5, 0.6) is 0 Å². The van der Waals surface area contributed by atoms with E-state index in [2.05, 4.69) is 30.4 Å². The molecular formula is C21H24N8O. The predicted molar refractivity (Wildman–Crippen MR) is 115 cm³/mol. The lowest BCUT2D eigenvalue weighted by Crippen LogP contribution is -2.32. The minimum atomic E-state index is -0.234. The van der Waals surface area contributed by atoms with Crippen LogP contribution in [0.25, 0.3) is 16.7 Å². The van der Waals surface area contributed by atoms with Gasteiger partial charge in [0.1, 0.15) is 5.39 Å². The molecule has 154 valence electrons. The molecule has 1 aliphatic rings. The Morgan fingerprint density at radius 1 is 1.00 bits per heavy atom. The van der Waals surface area contributed by atoms with Gasteiger partial charge in [0, 0.05) is 12.7 Å². The third-order valence-corrected chi connectivity index (χ3v) is 5.43. The van der Waals surface area contributed by atoms with Crippen molar-refractivity contribution in [3.63, 3.8) is 0 Å². The summed E-state index contributed by atoms with van der Waals surface area (Å²) in [6.45, 7) is 4.18. The fourth-order valence-electron chi connectivity index (χ4n) is 3.85. The van der Waals surface area contributed by atoms with Gasteiger partial charge in [-0.2, -0.15) is 15.2 Å². The summed E-state index contributed by atoms with van der Waals surface area (Å²) in [6, 6.07) is 9.63. The largest absolute Gasteiger partial charge is 0.323 e. The van der Waals surface area contributed by atoms with Gasteiger partial charge in [-0.05, 0) is 38.1 Å². The molecule has 0 unspecified atom stereocenters. The lowest BCUT2D eigenvalue weighted by molar-refractivity contribution is 0.218. The minimum Gasteiger partial charge on any atom is -0.323 e. The SMILES string of the molecule is O=c1[nH]c(Nc2cnn(CCN3CCCCC3)c2)nc2c1cnn2-c1ccccc1. The van der Waals surface area contributed by atoms with Crippen LogP contribution in [0, 0.1) is 0 Å². The highest BCUT2D eigenvalue weighted by molar-refractivity contribution is 5.76. The maximum Gasteiger partial charge on any atom is 0.263 e. The lowest BCUT2D eigenvalue weighted by atomic mass is 10.1. The van der Waals surface area contributed by atoms with Crippen molar-refractivity contribution in [3.8, 4) is 5.69 Å². The Hall–Kier alpha value is -3.46. The van der Waals surface area contributed by atoms with Crippen LogP contribution in [0.15, 0.2) is 53.7 Å². The van der Waals surface area contributed by atoms with Gasteiger partial charge >= 0.3 is 0 Å². The van der Waals surface area contributed by atoms with Gasteiger partial charge in [-0.1, -0.05) is 24.6 Å². The van der Waals surface area contributed by atoms with E-state index in [0.29, 0.717) is 17.0 Å². The van der Waals surface area contributed by atoms with Gasteiger partial charge in [-0.3, -0.25) is 14.5 Å². The van der Waals surface area contributed by atoms with Gasteiger partial charge in [0.15, 0.2) is 5.65 Å². The highest BCUT2D eigenvalue weighted by atomic mass is 16.1. The molecule has 0 saturated carbocycles. The van der Waals surface area contributed by atoms with Crippen molar-refractivity contribution in [1.82, 2.24) is 34.4 Å². The van der Waals surface area contributed by atoms with Gasteiger partial charge in [0.25, 0.3) is 5.56 Å². The molecule has 0 amide bonds. The number of rotatable bonds is 6. The molecule has 9 nitrogen and oxygen atoms in total. The van der Waals surface area contributed by atoms with Gasteiger partial charge < -0.3 is 10.2 Å². The summed E-state index contributed by atoms with van der Waals surface area (Å²) >= 11 is 0. The van der Waals surface area contributed by atoms with Crippen molar-refractivity contribution in [3.05, 3.63) is 59.3 Å². The number of likely N-dealkylation sites (tertiary alicyclic amines) is 1. The lowest BCUT2D eigenvalue weighted by Gasteiger charge is -2.26. The molecule has 2 N–H and O–H groups in total. The number of piperidine rings is 1. The summed E-state index contributed by atoms with van der Waals surface area (Å²) in [5, 5.41) is 12.4. The highest BCUT2D eigenvalue weighted by Gasteiger charge is 2.13. The monoisotopic (exact) mass is 404 g/mol. The Kier molecular flexibility index (Phi) is 5.02. The number of nitrogens with one attached hydrogen (secondary N) is 2. The summed E-state index contributed by atoms with van der Waals surface area (Å²) in [7, 11) is 0. The Balaban J connectivity index is 1.34. The first-order chi connectivity index (χ1) is 14.8. The van der Waals surface area contributed by atoms with Gasteiger partial charge in [0.05, 0.1) is 30.3 Å². The molecule has 0 spiro atoms. The van der Waals surface area contributed by atoms with E-state index in [1.165, 1.54) is 38.5 Å². The zero-order valence-corrected chi connectivity index (χ0v) is 16.7. The molecule has 0 atom stereocenters. The smallest absolute Gasteiger partial charge is 0.263 e. The molecule has 0 bridgehead atoms. The van der Waals surface area contributed by atoms with Crippen molar-refractivity contribution >= 4 is 22.7 Å². The number of nitrogens with zero attached hydrogens (tertiary/aromatic N) is 6. The van der Waals surface area contributed by atoms with Crippen LogP contribution < -0.4 is 10.9 Å². The number of aromatic nitrogens is 6. The van der Waals surface area contributed by atoms with E-state index < -0.39 is 0 Å². The number of fused-ring (bicyclic) bond motifs is 1. The second-order valence-electron chi connectivity index (χ2n) is 7.56. The quantitative estimate of drug-likeness (QED) is 0.513. The molecule has 0 aliphatic carbocycles. The van der Waals surface area contributed by atoms with Gasteiger partial charge in [-0.15, -0.1) is 0 Å². The van der Waals surface area contributed by atoms with Crippen molar-refractivity contribution < 1.29 is 0 Å². The number of aromatic amines is 1. The van der Waals surface area contributed by atoms with Crippen LogP contribution in [-0.2, 0) is 6.54 Å². The maximum atomic E-state index is 12.5. The van der Waals surface area contributed by atoms with Crippen molar-refractivity contribution in [2.45, 2.75) is 25.8 Å². The van der Waals surface area contributed by atoms with E-state index in [4.69, 9.17) is 0 Å². The average Bonchev–Trinajstić information content (AvgIpc) is 3.41. The normalized spacial score (nSPS) is 14.9. The molecule has 1 aromatic carbocycles. The second-order valence-corrected chi connectivity index (χ2v) is 7.56. The molecular weight excluding hydrogens is 380 g/mol. The molecule has 1 saturated heterocycles. The number of para-hydroxylation sites is 1. The summed E-state index contributed by atoms with van der Waals surface area (Å²) < 4.78 is 3.58. The Bertz CT molecular complexity index is 1190. The van der Waals surface area contributed by atoms with Crippen LogP contribution >= 0.6 is 0 Å². The van der Waals surface area contributed by atoms with Crippen molar-refractivity contribution in [1.29, 1.82) is 0 Å². The first-order valence-electron chi connectivity index (χ1n) is 10.3. The minimum absolute atomic E-state index is 0.234. The molecule has 1 fully saturated rings. The van der Waals surface area contributed by atoms with E-state index in [1.54, 1.807) is 10.9 Å². The number of anilines is 2. The molecule has 4 heterocycles. The van der Waals surface area contributed by atoms with E-state index in [9.17, 15) is 4.79 Å². The highest BCUT2D eigenvalue weighted by Crippen LogP contribution is 2.17. The first-order valence-corrected chi connectivity index (χ1v) is 10.3. The second kappa shape index (κ2) is 8.11. The van der Waals surface area contributed by atoms with E-state index in [0.717, 1.165) is 24.5 Å². The predicted octanol–water partition coefficient (Wildman–Crippen LogP) is 2.53. The zero-order valence-electron chi connectivity index (χ0n) is 16.7. The van der Waals surface area contributed by atoms with Gasteiger partial charge in [-0.25, -0.2) is 4.68 Å². The maximum absolute atomic E-state index is 12.5. The van der Waals surface area contributed by atoms with E-state index >= 15 is 0 Å². The number of H-pyrrole nitrogens is 1. The molecule has 1 aliphatic heterocycles. The summed E-state index contributed by atoms with van der Waals surface area (Å²) in [5.41, 5.74) is 1.90.